The van der Waals surface area contributed by atoms with Gasteiger partial charge in [-0.15, -0.1) is 0 Å². The van der Waals surface area contributed by atoms with E-state index in [4.69, 9.17) is 28.9 Å². The van der Waals surface area contributed by atoms with Crippen LogP contribution in [0, 0.1) is 0 Å². The Balaban J connectivity index is 2.41. The van der Waals surface area contributed by atoms with Gasteiger partial charge in [-0.05, 0) is 24.6 Å². The molecule has 0 spiro atoms. The van der Waals surface area contributed by atoms with E-state index in [0.29, 0.717) is 24.5 Å². The van der Waals surface area contributed by atoms with Crippen molar-refractivity contribution in [3.8, 4) is 0 Å². The van der Waals surface area contributed by atoms with Gasteiger partial charge in [0.2, 0.25) is 10.0 Å². The highest BCUT2D eigenvalue weighted by Crippen LogP contribution is 2.29. The Kier molecular flexibility index (Phi) is 3.66. The average molecular weight is 295 g/mol. The highest BCUT2D eigenvalue weighted by atomic mass is 35.5. The van der Waals surface area contributed by atoms with Crippen LogP contribution in [0.4, 0.5) is 0 Å². The van der Waals surface area contributed by atoms with Gasteiger partial charge in [0.05, 0.1) is 5.02 Å². The standard InChI is InChI=1S/C10H12Cl2N2O2S/c11-7-1-2-9(12)10(5-7)17(15,16)14-4-3-8(13)6-14/h1-2,5,8H,3-4,6,13H2. The van der Waals surface area contributed by atoms with Crippen LogP contribution < -0.4 is 5.73 Å². The van der Waals surface area contributed by atoms with Crippen molar-refractivity contribution in [2.75, 3.05) is 13.1 Å². The van der Waals surface area contributed by atoms with Crippen LogP contribution in [0.25, 0.3) is 0 Å². The van der Waals surface area contributed by atoms with E-state index >= 15 is 0 Å². The molecule has 0 aromatic heterocycles. The quantitative estimate of drug-likeness (QED) is 0.903. The Morgan fingerprint density at radius 3 is 2.65 bits per heavy atom. The molecule has 4 nitrogen and oxygen atoms in total. The molecule has 1 unspecified atom stereocenters. The molecule has 0 bridgehead atoms. The summed E-state index contributed by atoms with van der Waals surface area (Å²) in [6, 6.07) is 4.29. The molecule has 1 aromatic carbocycles. The number of halogens is 2. The van der Waals surface area contributed by atoms with Gasteiger partial charge in [0.25, 0.3) is 0 Å². The maximum atomic E-state index is 12.3. The minimum absolute atomic E-state index is 0.0424. The zero-order valence-corrected chi connectivity index (χ0v) is 11.3. The van der Waals surface area contributed by atoms with Crippen LogP contribution in [0.2, 0.25) is 10.0 Å². The molecule has 0 amide bonds. The van der Waals surface area contributed by atoms with Crippen LogP contribution in [0.3, 0.4) is 0 Å². The van der Waals surface area contributed by atoms with Gasteiger partial charge in [-0.1, -0.05) is 23.2 Å². The first-order valence-corrected chi connectivity index (χ1v) is 7.31. The van der Waals surface area contributed by atoms with Gasteiger partial charge >= 0.3 is 0 Å². The molecule has 1 aromatic rings. The van der Waals surface area contributed by atoms with Crippen LogP contribution >= 0.6 is 23.2 Å². The predicted molar refractivity (Wildman–Crippen MR) is 67.8 cm³/mol. The van der Waals surface area contributed by atoms with E-state index in [-0.39, 0.29) is 16.0 Å². The highest BCUT2D eigenvalue weighted by Gasteiger charge is 2.32. The molecule has 1 saturated heterocycles. The number of hydrogen-bond acceptors (Lipinski definition) is 3. The lowest BCUT2D eigenvalue weighted by molar-refractivity contribution is 0.472. The molecule has 0 saturated carbocycles. The largest absolute Gasteiger partial charge is 0.326 e. The number of nitrogens with two attached hydrogens (primary N) is 1. The van der Waals surface area contributed by atoms with E-state index in [1.54, 1.807) is 6.07 Å². The van der Waals surface area contributed by atoms with Gasteiger partial charge in [-0.2, -0.15) is 4.31 Å². The number of hydrogen-bond donors (Lipinski definition) is 1. The molecule has 1 aliphatic rings. The smallest absolute Gasteiger partial charge is 0.244 e. The van der Waals surface area contributed by atoms with Crippen molar-refractivity contribution in [2.24, 2.45) is 5.73 Å². The van der Waals surface area contributed by atoms with E-state index < -0.39 is 10.0 Å². The van der Waals surface area contributed by atoms with Crippen molar-refractivity contribution in [3.63, 3.8) is 0 Å². The molecule has 94 valence electrons. The Bertz CT molecular complexity index is 533. The van der Waals surface area contributed by atoms with E-state index in [2.05, 4.69) is 0 Å². The van der Waals surface area contributed by atoms with E-state index in [1.165, 1.54) is 16.4 Å². The Labute approximate surface area is 110 Å². The first-order valence-electron chi connectivity index (χ1n) is 5.12. The van der Waals surface area contributed by atoms with Gasteiger partial charge in [0, 0.05) is 24.2 Å². The minimum Gasteiger partial charge on any atom is -0.326 e. The second-order valence-electron chi connectivity index (χ2n) is 3.99. The Morgan fingerprint density at radius 1 is 1.35 bits per heavy atom. The second-order valence-corrected chi connectivity index (χ2v) is 6.74. The molecule has 2 N–H and O–H groups in total. The number of sulfonamides is 1. The lowest BCUT2D eigenvalue weighted by atomic mass is 10.3. The second kappa shape index (κ2) is 4.74. The first kappa shape index (κ1) is 13.1. The SMILES string of the molecule is NC1CCN(S(=O)(=O)c2cc(Cl)ccc2Cl)C1. The molecule has 2 rings (SSSR count). The summed E-state index contributed by atoms with van der Waals surface area (Å²) >= 11 is 11.7. The van der Waals surface area contributed by atoms with Crippen molar-refractivity contribution in [1.82, 2.24) is 4.31 Å². The first-order chi connectivity index (χ1) is 7.91. The van der Waals surface area contributed by atoms with E-state index in [1.807, 2.05) is 0 Å². The Morgan fingerprint density at radius 2 is 2.06 bits per heavy atom. The Hall–Kier alpha value is -0.330. The fourth-order valence-corrected chi connectivity index (χ4v) is 4.04. The third kappa shape index (κ3) is 2.58. The molecule has 17 heavy (non-hydrogen) atoms. The van der Waals surface area contributed by atoms with Crippen molar-refractivity contribution >= 4 is 33.2 Å². The van der Waals surface area contributed by atoms with Gasteiger partial charge < -0.3 is 5.73 Å². The molecule has 0 aliphatic carbocycles. The van der Waals surface area contributed by atoms with E-state index in [9.17, 15) is 8.42 Å². The van der Waals surface area contributed by atoms with Crippen LogP contribution in [0.5, 0.6) is 0 Å². The average Bonchev–Trinajstić information content (AvgIpc) is 2.69. The molecule has 7 heteroatoms. The fraction of sp³-hybridized carbons (Fsp3) is 0.400. The maximum absolute atomic E-state index is 12.3. The summed E-state index contributed by atoms with van der Waals surface area (Å²) in [6.07, 6.45) is 0.664. The van der Waals surface area contributed by atoms with Gasteiger partial charge in [-0.3, -0.25) is 0 Å². The molecule has 1 heterocycles. The van der Waals surface area contributed by atoms with Gasteiger partial charge in [-0.25, -0.2) is 8.42 Å². The lowest BCUT2D eigenvalue weighted by Gasteiger charge is -2.16. The fourth-order valence-electron chi connectivity index (χ4n) is 1.79. The molecule has 1 atom stereocenters. The zero-order valence-electron chi connectivity index (χ0n) is 8.94. The zero-order chi connectivity index (χ0) is 12.6. The molecule has 0 radical (unpaired) electrons. The monoisotopic (exact) mass is 294 g/mol. The van der Waals surface area contributed by atoms with Gasteiger partial charge in [0.15, 0.2) is 0 Å². The van der Waals surface area contributed by atoms with Crippen LogP contribution in [0.15, 0.2) is 23.1 Å². The predicted octanol–water partition coefficient (Wildman–Crippen LogP) is 1.72. The van der Waals surface area contributed by atoms with Crippen molar-refractivity contribution in [2.45, 2.75) is 17.4 Å². The summed E-state index contributed by atoms with van der Waals surface area (Å²) in [7, 11) is -3.59. The third-order valence-corrected chi connectivity index (χ3v) is 5.28. The highest BCUT2D eigenvalue weighted by molar-refractivity contribution is 7.89. The minimum atomic E-state index is -3.59. The van der Waals surface area contributed by atoms with Crippen LogP contribution in [0.1, 0.15) is 6.42 Å². The molecule has 1 aliphatic heterocycles. The molecular formula is C10H12Cl2N2O2S. The summed E-state index contributed by atoms with van der Waals surface area (Å²) < 4.78 is 25.9. The molecular weight excluding hydrogens is 283 g/mol. The summed E-state index contributed by atoms with van der Waals surface area (Å²) in [5, 5.41) is 0.520. The number of rotatable bonds is 2. The topological polar surface area (TPSA) is 63.4 Å². The van der Waals surface area contributed by atoms with Crippen LogP contribution in [-0.2, 0) is 10.0 Å². The van der Waals surface area contributed by atoms with Crippen molar-refractivity contribution in [1.29, 1.82) is 0 Å². The maximum Gasteiger partial charge on any atom is 0.244 e. The summed E-state index contributed by atoms with van der Waals surface area (Å²) in [4.78, 5) is 0.0424. The summed E-state index contributed by atoms with van der Waals surface area (Å²) in [5.41, 5.74) is 5.70. The van der Waals surface area contributed by atoms with Crippen molar-refractivity contribution < 1.29 is 8.42 Å². The van der Waals surface area contributed by atoms with Gasteiger partial charge in [0.1, 0.15) is 4.90 Å². The number of nitrogens with zero attached hydrogens (tertiary/aromatic N) is 1. The summed E-state index contributed by atoms with van der Waals surface area (Å²) in [5.74, 6) is 0. The van der Waals surface area contributed by atoms with E-state index in [0.717, 1.165) is 0 Å². The van der Waals surface area contributed by atoms with Crippen LogP contribution in [-0.4, -0.2) is 31.9 Å². The normalized spacial score (nSPS) is 21.9. The molecule has 1 fully saturated rings. The summed E-state index contributed by atoms with van der Waals surface area (Å²) in [6.45, 7) is 0.748. The third-order valence-electron chi connectivity index (χ3n) is 2.70. The van der Waals surface area contributed by atoms with Crippen molar-refractivity contribution in [3.05, 3.63) is 28.2 Å². The lowest BCUT2D eigenvalue weighted by Crippen LogP contribution is -2.32. The number of benzene rings is 1.